The Morgan fingerprint density at radius 3 is 3.06 bits per heavy atom. The summed E-state index contributed by atoms with van der Waals surface area (Å²) in [5.74, 6) is 4.63. The average Bonchev–Trinajstić information content (AvgIpc) is 2.34. The van der Waals surface area contributed by atoms with Crippen LogP contribution in [0.1, 0.15) is 35.9 Å². The molecular formula is C11H17N3O2. The standard InChI is InChI=1S/C11H17N3O2/c1-2-3-7-16-8-9-5-4-6-10(13-9)11(15)14-12/h4-6H,2-3,7-8,12H2,1H3,(H,14,15). The summed E-state index contributed by atoms with van der Waals surface area (Å²) in [7, 11) is 0. The lowest BCUT2D eigenvalue weighted by Crippen LogP contribution is -2.30. The molecule has 1 heterocycles. The van der Waals surface area contributed by atoms with E-state index in [2.05, 4.69) is 11.9 Å². The Hall–Kier alpha value is -1.46. The Kier molecular flexibility index (Phi) is 5.45. The van der Waals surface area contributed by atoms with E-state index in [-0.39, 0.29) is 0 Å². The Morgan fingerprint density at radius 2 is 2.38 bits per heavy atom. The monoisotopic (exact) mass is 223 g/mol. The first-order valence-electron chi connectivity index (χ1n) is 5.32. The zero-order valence-corrected chi connectivity index (χ0v) is 9.40. The molecule has 0 saturated heterocycles. The van der Waals surface area contributed by atoms with E-state index in [0.717, 1.165) is 18.5 Å². The number of nitrogens with zero attached hydrogens (tertiary/aromatic N) is 1. The number of amides is 1. The van der Waals surface area contributed by atoms with Crippen LogP contribution in [0.25, 0.3) is 0 Å². The lowest BCUT2D eigenvalue weighted by atomic mass is 10.3. The number of ether oxygens (including phenoxy) is 1. The third kappa shape index (κ3) is 3.96. The average molecular weight is 223 g/mol. The Morgan fingerprint density at radius 1 is 1.56 bits per heavy atom. The SMILES string of the molecule is CCCCOCc1cccc(C(=O)NN)n1. The summed E-state index contributed by atoms with van der Waals surface area (Å²) in [5.41, 5.74) is 3.08. The number of pyridine rings is 1. The molecule has 0 bridgehead atoms. The molecule has 1 rings (SSSR count). The molecular weight excluding hydrogens is 206 g/mol. The molecule has 0 aliphatic heterocycles. The number of unbranched alkanes of at least 4 members (excludes halogenated alkanes) is 1. The van der Waals surface area contributed by atoms with Crippen molar-refractivity contribution in [1.29, 1.82) is 0 Å². The number of hydrogen-bond donors (Lipinski definition) is 2. The maximum Gasteiger partial charge on any atom is 0.283 e. The molecule has 3 N–H and O–H groups in total. The third-order valence-corrected chi connectivity index (χ3v) is 2.06. The van der Waals surface area contributed by atoms with Crippen molar-refractivity contribution in [3.8, 4) is 0 Å². The fourth-order valence-corrected chi connectivity index (χ4v) is 1.18. The van der Waals surface area contributed by atoms with Gasteiger partial charge in [0.1, 0.15) is 5.69 Å². The number of nitrogens with one attached hydrogen (secondary N) is 1. The summed E-state index contributed by atoms with van der Waals surface area (Å²) in [6, 6.07) is 5.19. The number of nitrogen functional groups attached to an aromatic ring is 1. The van der Waals surface area contributed by atoms with Crippen molar-refractivity contribution in [2.45, 2.75) is 26.4 Å². The quantitative estimate of drug-likeness (QED) is 0.326. The van der Waals surface area contributed by atoms with E-state index in [9.17, 15) is 4.79 Å². The number of aromatic nitrogens is 1. The van der Waals surface area contributed by atoms with E-state index in [0.29, 0.717) is 18.9 Å². The molecule has 0 fully saturated rings. The maximum absolute atomic E-state index is 11.2. The number of hydrazine groups is 1. The van der Waals surface area contributed by atoms with Crippen molar-refractivity contribution < 1.29 is 9.53 Å². The van der Waals surface area contributed by atoms with E-state index >= 15 is 0 Å². The smallest absolute Gasteiger partial charge is 0.283 e. The fourth-order valence-electron chi connectivity index (χ4n) is 1.18. The van der Waals surface area contributed by atoms with Gasteiger partial charge in [0.05, 0.1) is 12.3 Å². The summed E-state index contributed by atoms with van der Waals surface area (Å²) >= 11 is 0. The third-order valence-electron chi connectivity index (χ3n) is 2.06. The van der Waals surface area contributed by atoms with Crippen LogP contribution < -0.4 is 11.3 Å². The molecule has 5 heteroatoms. The molecule has 0 aliphatic carbocycles. The van der Waals surface area contributed by atoms with Gasteiger partial charge >= 0.3 is 0 Å². The number of carbonyl (C=O) groups excluding carboxylic acids is 1. The number of carbonyl (C=O) groups is 1. The van der Waals surface area contributed by atoms with Crippen LogP contribution in [-0.2, 0) is 11.3 Å². The van der Waals surface area contributed by atoms with Crippen LogP contribution in [-0.4, -0.2) is 17.5 Å². The fraction of sp³-hybridized carbons (Fsp3) is 0.455. The van der Waals surface area contributed by atoms with Gasteiger partial charge in [-0.3, -0.25) is 10.2 Å². The Balaban J connectivity index is 2.50. The predicted molar refractivity (Wildman–Crippen MR) is 60.5 cm³/mol. The van der Waals surface area contributed by atoms with Crippen LogP contribution in [0.2, 0.25) is 0 Å². The van der Waals surface area contributed by atoms with Crippen molar-refractivity contribution >= 4 is 5.91 Å². The van der Waals surface area contributed by atoms with Crippen LogP contribution in [0, 0.1) is 0 Å². The predicted octanol–water partition coefficient (Wildman–Crippen LogP) is 1.00. The van der Waals surface area contributed by atoms with Crippen LogP contribution in [0.15, 0.2) is 18.2 Å². The van der Waals surface area contributed by atoms with Gasteiger partial charge in [0, 0.05) is 6.61 Å². The molecule has 0 unspecified atom stereocenters. The van der Waals surface area contributed by atoms with Gasteiger partial charge in [0.2, 0.25) is 0 Å². The maximum atomic E-state index is 11.2. The Labute approximate surface area is 95.0 Å². The minimum absolute atomic E-state index is 0.305. The van der Waals surface area contributed by atoms with E-state index in [1.54, 1.807) is 12.1 Å². The molecule has 88 valence electrons. The van der Waals surface area contributed by atoms with Crippen LogP contribution in [0.3, 0.4) is 0 Å². The molecule has 0 aromatic carbocycles. The zero-order valence-electron chi connectivity index (χ0n) is 9.40. The van der Waals surface area contributed by atoms with Gasteiger partial charge in [0.15, 0.2) is 0 Å². The molecule has 1 aromatic rings. The van der Waals surface area contributed by atoms with E-state index in [1.807, 2.05) is 11.5 Å². The first kappa shape index (κ1) is 12.6. The van der Waals surface area contributed by atoms with Crippen LogP contribution in [0.5, 0.6) is 0 Å². The topological polar surface area (TPSA) is 77.2 Å². The minimum Gasteiger partial charge on any atom is -0.375 e. The highest BCUT2D eigenvalue weighted by Gasteiger charge is 2.05. The van der Waals surface area contributed by atoms with Crippen molar-refractivity contribution in [2.75, 3.05) is 6.61 Å². The lowest BCUT2D eigenvalue weighted by Gasteiger charge is -2.04. The first-order valence-corrected chi connectivity index (χ1v) is 5.32. The molecule has 0 spiro atoms. The van der Waals surface area contributed by atoms with Gasteiger partial charge in [-0.15, -0.1) is 0 Å². The van der Waals surface area contributed by atoms with Gasteiger partial charge in [-0.1, -0.05) is 19.4 Å². The van der Waals surface area contributed by atoms with Crippen molar-refractivity contribution in [3.05, 3.63) is 29.6 Å². The van der Waals surface area contributed by atoms with E-state index in [1.165, 1.54) is 0 Å². The first-order chi connectivity index (χ1) is 7.77. The summed E-state index contributed by atoms with van der Waals surface area (Å²) in [4.78, 5) is 15.3. The van der Waals surface area contributed by atoms with Crippen molar-refractivity contribution in [2.24, 2.45) is 5.84 Å². The molecule has 5 nitrogen and oxygen atoms in total. The molecule has 0 aliphatic rings. The zero-order chi connectivity index (χ0) is 11.8. The molecule has 1 amide bonds. The number of hydrogen-bond acceptors (Lipinski definition) is 4. The van der Waals surface area contributed by atoms with Crippen LogP contribution >= 0.6 is 0 Å². The van der Waals surface area contributed by atoms with E-state index in [4.69, 9.17) is 10.6 Å². The normalized spacial score (nSPS) is 10.1. The summed E-state index contributed by atoms with van der Waals surface area (Å²) in [6.07, 6.45) is 2.13. The largest absolute Gasteiger partial charge is 0.375 e. The molecule has 16 heavy (non-hydrogen) atoms. The van der Waals surface area contributed by atoms with Gasteiger partial charge in [0.25, 0.3) is 5.91 Å². The highest BCUT2D eigenvalue weighted by molar-refractivity contribution is 5.91. The highest BCUT2D eigenvalue weighted by Crippen LogP contribution is 2.02. The molecule has 0 atom stereocenters. The summed E-state index contributed by atoms with van der Waals surface area (Å²) in [5, 5.41) is 0. The number of rotatable bonds is 6. The van der Waals surface area contributed by atoms with E-state index < -0.39 is 5.91 Å². The van der Waals surface area contributed by atoms with Gasteiger partial charge in [-0.25, -0.2) is 10.8 Å². The van der Waals surface area contributed by atoms with Gasteiger partial charge < -0.3 is 4.74 Å². The Bertz CT molecular complexity index is 342. The summed E-state index contributed by atoms with van der Waals surface area (Å²) in [6.45, 7) is 3.24. The van der Waals surface area contributed by atoms with Gasteiger partial charge in [-0.05, 0) is 18.6 Å². The second kappa shape index (κ2) is 6.92. The molecule has 0 saturated carbocycles. The van der Waals surface area contributed by atoms with Gasteiger partial charge in [-0.2, -0.15) is 0 Å². The molecule has 1 aromatic heterocycles. The second-order valence-corrected chi connectivity index (χ2v) is 3.39. The van der Waals surface area contributed by atoms with Crippen LogP contribution in [0.4, 0.5) is 0 Å². The molecule has 0 radical (unpaired) electrons. The second-order valence-electron chi connectivity index (χ2n) is 3.39. The van der Waals surface area contributed by atoms with Crippen molar-refractivity contribution in [1.82, 2.24) is 10.4 Å². The number of nitrogens with two attached hydrogens (primary N) is 1. The highest BCUT2D eigenvalue weighted by atomic mass is 16.5. The minimum atomic E-state index is -0.393. The summed E-state index contributed by atoms with van der Waals surface area (Å²) < 4.78 is 5.40. The lowest BCUT2D eigenvalue weighted by molar-refractivity contribution is 0.0945. The van der Waals surface area contributed by atoms with Crippen molar-refractivity contribution in [3.63, 3.8) is 0 Å².